The highest BCUT2D eigenvalue weighted by Crippen LogP contribution is 2.31. The fraction of sp³-hybridized carbons (Fsp3) is 0.154. The molecule has 19 heavy (non-hydrogen) atoms. The minimum atomic E-state index is -0.862. The fourth-order valence-corrected chi connectivity index (χ4v) is 1.91. The zero-order valence-corrected chi connectivity index (χ0v) is 10.2. The van der Waals surface area contributed by atoms with Gasteiger partial charge in [0, 0.05) is 17.3 Å². The van der Waals surface area contributed by atoms with Crippen molar-refractivity contribution in [1.82, 2.24) is 10.4 Å². The molecule has 0 radical (unpaired) electrons. The minimum absolute atomic E-state index is 0.158. The molecule has 100 valence electrons. The number of aromatic nitrogens is 1. The van der Waals surface area contributed by atoms with E-state index in [1.165, 1.54) is 37.7 Å². The number of hydrogen-bond acceptors (Lipinski definition) is 4. The number of halogens is 2. The van der Waals surface area contributed by atoms with Gasteiger partial charge in [-0.3, -0.25) is 10.8 Å². The van der Waals surface area contributed by atoms with E-state index < -0.39 is 17.7 Å². The molecule has 2 aromatic rings. The van der Waals surface area contributed by atoms with Crippen molar-refractivity contribution >= 4 is 0 Å². The highest BCUT2D eigenvalue weighted by Gasteiger charge is 2.23. The maximum atomic E-state index is 13.8. The van der Waals surface area contributed by atoms with E-state index in [0.717, 1.165) is 0 Å². The average Bonchev–Trinajstić information content (AvgIpc) is 2.43. The van der Waals surface area contributed by atoms with Crippen LogP contribution in [0, 0.1) is 11.6 Å². The molecule has 1 aromatic heterocycles. The van der Waals surface area contributed by atoms with Crippen LogP contribution >= 0.6 is 0 Å². The van der Waals surface area contributed by atoms with Gasteiger partial charge in [-0.05, 0) is 18.2 Å². The Bertz CT molecular complexity index is 557. The zero-order valence-electron chi connectivity index (χ0n) is 10.2. The van der Waals surface area contributed by atoms with E-state index in [-0.39, 0.29) is 5.56 Å². The van der Waals surface area contributed by atoms with Gasteiger partial charge in [0.1, 0.15) is 17.4 Å². The van der Waals surface area contributed by atoms with Crippen molar-refractivity contribution in [3.8, 4) is 5.75 Å². The van der Waals surface area contributed by atoms with Gasteiger partial charge in [-0.1, -0.05) is 6.07 Å². The summed E-state index contributed by atoms with van der Waals surface area (Å²) in [4.78, 5) is 3.89. The number of nitrogens with zero attached hydrogens (tertiary/aromatic N) is 1. The third-order valence-corrected chi connectivity index (χ3v) is 2.80. The maximum absolute atomic E-state index is 13.8. The number of hydrazine groups is 1. The first-order chi connectivity index (χ1) is 9.19. The molecule has 1 heterocycles. The highest BCUT2D eigenvalue weighted by atomic mass is 19.1. The predicted octanol–water partition coefficient (Wildman–Crippen LogP) is 1.92. The summed E-state index contributed by atoms with van der Waals surface area (Å²) in [7, 11) is 1.45. The molecular weight excluding hydrogens is 252 g/mol. The summed E-state index contributed by atoms with van der Waals surface area (Å²) in [6.07, 6.45) is 2.96. The summed E-state index contributed by atoms with van der Waals surface area (Å²) in [6.45, 7) is 0. The zero-order chi connectivity index (χ0) is 13.8. The van der Waals surface area contributed by atoms with Gasteiger partial charge < -0.3 is 4.74 Å². The molecule has 2 rings (SSSR count). The van der Waals surface area contributed by atoms with Crippen LogP contribution in [0.3, 0.4) is 0 Å². The summed E-state index contributed by atoms with van der Waals surface area (Å²) in [5.41, 5.74) is 2.75. The molecule has 0 amide bonds. The lowest BCUT2D eigenvalue weighted by molar-refractivity contribution is 0.399. The summed E-state index contributed by atoms with van der Waals surface area (Å²) in [5.74, 6) is 4.48. The van der Waals surface area contributed by atoms with E-state index in [2.05, 4.69) is 10.4 Å². The Morgan fingerprint density at radius 1 is 1.26 bits per heavy atom. The van der Waals surface area contributed by atoms with E-state index >= 15 is 0 Å². The molecule has 0 bridgehead atoms. The van der Waals surface area contributed by atoms with Gasteiger partial charge in [0.25, 0.3) is 0 Å². The lowest BCUT2D eigenvalue weighted by atomic mass is 9.98. The molecule has 0 fully saturated rings. The van der Waals surface area contributed by atoms with Crippen molar-refractivity contribution in [2.24, 2.45) is 5.84 Å². The Morgan fingerprint density at radius 2 is 1.95 bits per heavy atom. The van der Waals surface area contributed by atoms with Gasteiger partial charge in [-0.2, -0.15) is 0 Å². The van der Waals surface area contributed by atoms with E-state index in [1.54, 1.807) is 6.07 Å². The van der Waals surface area contributed by atoms with Crippen LogP contribution in [0.25, 0.3) is 0 Å². The smallest absolute Gasteiger partial charge is 0.142 e. The molecule has 1 unspecified atom stereocenters. The summed E-state index contributed by atoms with van der Waals surface area (Å²) < 4.78 is 32.8. The average molecular weight is 265 g/mol. The lowest BCUT2D eigenvalue weighted by Crippen LogP contribution is -2.30. The Labute approximate surface area is 109 Å². The first-order valence-corrected chi connectivity index (χ1v) is 5.57. The monoisotopic (exact) mass is 265 g/mol. The standard InChI is InChI=1S/C13H13F2N3O/c1-19-11-7-17-6-5-8(11)13(18-16)12-9(14)3-2-4-10(12)15/h2-7,13,18H,16H2,1H3. The second-order valence-corrected chi connectivity index (χ2v) is 3.85. The predicted molar refractivity (Wildman–Crippen MR) is 66.3 cm³/mol. The number of pyridine rings is 1. The van der Waals surface area contributed by atoms with Gasteiger partial charge in [0.05, 0.1) is 19.3 Å². The number of rotatable bonds is 4. The molecule has 1 aromatic carbocycles. The molecule has 0 saturated carbocycles. The molecule has 1 atom stereocenters. The number of hydrogen-bond donors (Lipinski definition) is 2. The van der Waals surface area contributed by atoms with Crippen LogP contribution in [0.4, 0.5) is 8.78 Å². The molecule has 0 aliphatic carbocycles. The van der Waals surface area contributed by atoms with Gasteiger partial charge in [-0.25, -0.2) is 14.2 Å². The summed E-state index contributed by atoms with van der Waals surface area (Å²) >= 11 is 0. The van der Waals surface area contributed by atoms with Crippen LogP contribution in [-0.2, 0) is 0 Å². The normalized spacial score (nSPS) is 12.2. The fourth-order valence-electron chi connectivity index (χ4n) is 1.91. The van der Waals surface area contributed by atoms with Crippen LogP contribution in [0.2, 0.25) is 0 Å². The SMILES string of the molecule is COc1cnccc1C(NN)c1c(F)cccc1F. The second-order valence-electron chi connectivity index (χ2n) is 3.85. The first-order valence-electron chi connectivity index (χ1n) is 5.57. The van der Waals surface area contributed by atoms with Crippen molar-refractivity contribution in [1.29, 1.82) is 0 Å². The maximum Gasteiger partial charge on any atom is 0.142 e. The third kappa shape index (κ3) is 2.54. The number of ether oxygens (including phenoxy) is 1. The lowest BCUT2D eigenvalue weighted by Gasteiger charge is -2.20. The molecule has 0 spiro atoms. The molecule has 3 N–H and O–H groups in total. The Balaban J connectivity index is 2.57. The molecule has 0 aliphatic rings. The van der Waals surface area contributed by atoms with Crippen molar-refractivity contribution in [3.63, 3.8) is 0 Å². The molecule has 0 saturated heterocycles. The van der Waals surface area contributed by atoms with Gasteiger partial charge in [-0.15, -0.1) is 0 Å². The van der Waals surface area contributed by atoms with E-state index in [1.807, 2.05) is 0 Å². The van der Waals surface area contributed by atoms with E-state index in [9.17, 15) is 8.78 Å². The quantitative estimate of drug-likeness (QED) is 0.655. The number of benzene rings is 1. The molecular formula is C13H13F2N3O. The Hall–Kier alpha value is -2.05. The van der Waals surface area contributed by atoms with Crippen molar-refractivity contribution < 1.29 is 13.5 Å². The van der Waals surface area contributed by atoms with Crippen LogP contribution in [-0.4, -0.2) is 12.1 Å². The number of nitrogens with two attached hydrogens (primary N) is 1. The minimum Gasteiger partial charge on any atom is -0.495 e. The topological polar surface area (TPSA) is 60.2 Å². The Morgan fingerprint density at radius 3 is 2.53 bits per heavy atom. The van der Waals surface area contributed by atoms with Gasteiger partial charge in [0.15, 0.2) is 0 Å². The van der Waals surface area contributed by atoms with Crippen molar-refractivity contribution in [3.05, 3.63) is 59.4 Å². The number of nitrogens with one attached hydrogen (secondary N) is 1. The molecule has 4 nitrogen and oxygen atoms in total. The van der Waals surface area contributed by atoms with Crippen LogP contribution in [0.1, 0.15) is 17.2 Å². The van der Waals surface area contributed by atoms with Gasteiger partial charge >= 0.3 is 0 Å². The van der Waals surface area contributed by atoms with Crippen LogP contribution < -0.4 is 16.0 Å². The van der Waals surface area contributed by atoms with Crippen LogP contribution in [0.5, 0.6) is 5.75 Å². The largest absolute Gasteiger partial charge is 0.495 e. The summed E-state index contributed by atoms with van der Waals surface area (Å²) in [6, 6.07) is 4.38. The van der Waals surface area contributed by atoms with E-state index in [4.69, 9.17) is 10.6 Å². The third-order valence-electron chi connectivity index (χ3n) is 2.80. The van der Waals surface area contributed by atoms with Gasteiger partial charge in [0.2, 0.25) is 0 Å². The first kappa shape index (κ1) is 13.4. The highest BCUT2D eigenvalue weighted by molar-refractivity contribution is 5.40. The molecule has 6 heteroatoms. The van der Waals surface area contributed by atoms with Crippen molar-refractivity contribution in [2.75, 3.05) is 7.11 Å². The number of methoxy groups -OCH3 is 1. The van der Waals surface area contributed by atoms with Crippen molar-refractivity contribution in [2.45, 2.75) is 6.04 Å². The Kier molecular flexibility index (Phi) is 4.03. The molecule has 0 aliphatic heterocycles. The second kappa shape index (κ2) is 5.73. The summed E-state index contributed by atoms with van der Waals surface area (Å²) in [5, 5.41) is 0. The van der Waals surface area contributed by atoms with E-state index in [0.29, 0.717) is 11.3 Å². The van der Waals surface area contributed by atoms with Crippen LogP contribution in [0.15, 0.2) is 36.7 Å².